The standard InChI is InChI=1S/C58H57N/c1-39(2)47-36-53-54(57(5,6)33-32-56(53,3)4)37-48(47)50-35-49-46-28-18-19-29-51(46)58(42-22-10-7-11-23-42,43-24-12-8-13-25-43)52(49)38-55(50)59(44-26-14-9-15-27-44)45-31-30-40-20-16-17-21-41(40)34-45/h7-15,18-19,22-31,34-39H,16-17,20-21,32-33H2,1-6H3. The Balaban J connectivity index is 1.37. The maximum Gasteiger partial charge on any atom is 0.0714 e. The van der Waals surface area contributed by atoms with Crippen LogP contribution in [0, 0.1) is 0 Å². The Morgan fingerprint density at radius 2 is 1.02 bits per heavy atom. The molecule has 0 amide bonds. The van der Waals surface area contributed by atoms with Gasteiger partial charge in [-0.2, -0.15) is 0 Å². The molecule has 0 fully saturated rings. The fourth-order valence-corrected chi connectivity index (χ4v) is 11.1. The molecule has 7 aromatic rings. The summed E-state index contributed by atoms with van der Waals surface area (Å²) in [5.41, 5.74) is 21.3. The average molecular weight is 768 g/mol. The lowest BCUT2D eigenvalue weighted by molar-refractivity contribution is 0.331. The maximum atomic E-state index is 2.63. The largest absolute Gasteiger partial charge is 0.310 e. The van der Waals surface area contributed by atoms with Crippen molar-refractivity contribution in [1.29, 1.82) is 0 Å². The molecule has 3 aliphatic rings. The molecule has 0 aromatic heterocycles. The number of aryl methyl sites for hydroxylation is 2. The van der Waals surface area contributed by atoms with E-state index in [0.29, 0.717) is 5.92 Å². The number of benzene rings is 7. The summed E-state index contributed by atoms with van der Waals surface area (Å²) in [5, 5.41) is 0. The highest BCUT2D eigenvalue weighted by Crippen LogP contribution is 2.60. The Bertz CT molecular complexity index is 2640. The summed E-state index contributed by atoms with van der Waals surface area (Å²) in [5.74, 6) is 0.339. The van der Waals surface area contributed by atoms with Crippen LogP contribution in [0.3, 0.4) is 0 Å². The molecule has 3 aliphatic carbocycles. The summed E-state index contributed by atoms with van der Waals surface area (Å²) < 4.78 is 0. The Kier molecular flexibility index (Phi) is 9.09. The van der Waals surface area contributed by atoms with E-state index in [1.54, 1.807) is 0 Å². The molecule has 1 heteroatoms. The summed E-state index contributed by atoms with van der Waals surface area (Å²) in [6, 6.07) is 60.7. The summed E-state index contributed by atoms with van der Waals surface area (Å²) in [4.78, 5) is 2.59. The molecule has 0 spiro atoms. The van der Waals surface area contributed by atoms with E-state index >= 15 is 0 Å². The highest BCUT2D eigenvalue weighted by atomic mass is 15.1. The smallest absolute Gasteiger partial charge is 0.0714 e. The first-order chi connectivity index (χ1) is 28.6. The second-order valence-corrected chi connectivity index (χ2v) is 19.2. The first-order valence-electron chi connectivity index (χ1n) is 22.1. The summed E-state index contributed by atoms with van der Waals surface area (Å²) in [6.45, 7) is 14.6. The zero-order valence-corrected chi connectivity index (χ0v) is 35.8. The van der Waals surface area contributed by atoms with Crippen LogP contribution in [0.1, 0.15) is 123 Å². The van der Waals surface area contributed by atoms with Crippen molar-refractivity contribution >= 4 is 17.1 Å². The van der Waals surface area contributed by atoms with Crippen molar-refractivity contribution in [1.82, 2.24) is 0 Å². The van der Waals surface area contributed by atoms with E-state index in [9.17, 15) is 0 Å². The van der Waals surface area contributed by atoms with E-state index in [-0.39, 0.29) is 10.8 Å². The molecule has 0 radical (unpaired) electrons. The normalized spacial score (nSPS) is 16.8. The molecule has 0 unspecified atom stereocenters. The Morgan fingerprint density at radius 3 is 1.66 bits per heavy atom. The Morgan fingerprint density at radius 1 is 0.441 bits per heavy atom. The van der Waals surface area contributed by atoms with Crippen LogP contribution in [0.5, 0.6) is 0 Å². The lowest BCUT2D eigenvalue weighted by Gasteiger charge is -2.43. The van der Waals surface area contributed by atoms with Gasteiger partial charge in [-0.05, 0) is 164 Å². The third-order valence-corrected chi connectivity index (χ3v) is 14.4. The summed E-state index contributed by atoms with van der Waals surface area (Å²) in [6.07, 6.45) is 7.20. The maximum absolute atomic E-state index is 2.63. The fourth-order valence-electron chi connectivity index (χ4n) is 11.1. The molecule has 59 heavy (non-hydrogen) atoms. The first kappa shape index (κ1) is 37.6. The van der Waals surface area contributed by atoms with Gasteiger partial charge in [-0.15, -0.1) is 0 Å². The molecule has 0 heterocycles. The van der Waals surface area contributed by atoms with Gasteiger partial charge in [0.1, 0.15) is 0 Å². The number of fused-ring (bicyclic) bond motifs is 5. The molecule has 0 atom stereocenters. The Labute approximate surface area is 352 Å². The van der Waals surface area contributed by atoms with Crippen LogP contribution in [0.25, 0.3) is 22.3 Å². The zero-order chi connectivity index (χ0) is 40.5. The molecule has 0 saturated carbocycles. The summed E-state index contributed by atoms with van der Waals surface area (Å²) in [7, 11) is 0. The second-order valence-electron chi connectivity index (χ2n) is 19.2. The highest BCUT2D eigenvalue weighted by Gasteiger charge is 2.47. The highest BCUT2D eigenvalue weighted by molar-refractivity contribution is 5.97. The van der Waals surface area contributed by atoms with Gasteiger partial charge < -0.3 is 4.90 Å². The number of rotatable bonds is 7. The molecule has 0 saturated heterocycles. The number of para-hydroxylation sites is 1. The third-order valence-electron chi connectivity index (χ3n) is 14.4. The topological polar surface area (TPSA) is 3.24 Å². The fraction of sp³-hybridized carbons (Fsp3) is 0.276. The minimum atomic E-state index is -0.511. The molecule has 1 nitrogen and oxygen atoms in total. The summed E-state index contributed by atoms with van der Waals surface area (Å²) >= 11 is 0. The van der Waals surface area contributed by atoms with Gasteiger partial charge in [-0.3, -0.25) is 0 Å². The van der Waals surface area contributed by atoms with Crippen molar-refractivity contribution in [2.24, 2.45) is 0 Å². The van der Waals surface area contributed by atoms with Crippen LogP contribution in [-0.2, 0) is 29.1 Å². The molecular formula is C58H57N. The van der Waals surface area contributed by atoms with E-state index < -0.39 is 5.41 Å². The predicted molar refractivity (Wildman–Crippen MR) is 250 cm³/mol. The van der Waals surface area contributed by atoms with Crippen LogP contribution in [0.4, 0.5) is 17.1 Å². The molecule has 0 N–H and O–H groups in total. The van der Waals surface area contributed by atoms with Gasteiger partial charge >= 0.3 is 0 Å². The predicted octanol–water partition coefficient (Wildman–Crippen LogP) is 15.5. The Hall–Kier alpha value is -5.66. The monoisotopic (exact) mass is 767 g/mol. The van der Waals surface area contributed by atoms with Crippen LogP contribution < -0.4 is 4.90 Å². The quantitative estimate of drug-likeness (QED) is 0.156. The minimum Gasteiger partial charge on any atom is -0.310 e. The number of anilines is 3. The lowest BCUT2D eigenvalue weighted by atomic mass is 9.62. The van der Waals surface area contributed by atoms with E-state index in [1.165, 1.54) is 121 Å². The van der Waals surface area contributed by atoms with E-state index in [1.807, 2.05) is 0 Å². The van der Waals surface area contributed by atoms with Crippen molar-refractivity contribution in [3.63, 3.8) is 0 Å². The van der Waals surface area contributed by atoms with Crippen molar-refractivity contribution in [3.8, 4) is 22.3 Å². The van der Waals surface area contributed by atoms with Gasteiger partial charge in [0, 0.05) is 16.9 Å². The van der Waals surface area contributed by atoms with Gasteiger partial charge in [-0.1, -0.05) is 157 Å². The first-order valence-corrected chi connectivity index (χ1v) is 22.1. The van der Waals surface area contributed by atoms with E-state index in [0.717, 1.165) is 6.42 Å². The van der Waals surface area contributed by atoms with Crippen LogP contribution >= 0.6 is 0 Å². The van der Waals surface area contributed by atoms with E-state index in [4.69, 9.17) is 0 Å². The van der Waals surface area contributed by atoms with Gasteiger partial charge in [0.2, 0.25) is 0 Å². The van der Waals surface area contributed by atoms with Crippen LogP contribution in [0.2, 0.25) is 0 Å². The number of hydrogen-bond acceptors (Lipinski definition) is 1. The molecule has 0 aliphatic heterocycles. The van der Waals surface area contributed by atoms with Crippen LogP contribution in [0.15, 0.2) is 158 Å². The van der Waals surface area contributed by atoms with Crippen molar-refractivity contribution < 1.29 is 0 Å². The number of nitrogens with zero attached hydrogens (tertiary/aromatic N) is 1. The SMILES string of the molecule is CC(C)c1cc2c(cc1-c1cc3c(cc1N(c1ccccc1)c1ccc4c(c1)CCCC4)C(c1ccccc1)(c1ccccc1)c1ccccc1-3)C(C)(C)CCC2(C)C. The number of hydrogen-bond donors (Lipinski definition) is 0. The van der Waals surface area contributed by atoms with Crippen molar-refractivity contribution in [2.75, 3.05) is 4.90 Å². The van der Waals surface area contributed by atoms with Crippen molar-refractivity contribution in [2.45, 2.75) is 102 Å². The molecule has 10 rings (SSSR count). The van der Waals surface area contributed by atoms with Gasteiger partial charge in [0.15, 0.2) is 0 Å². The average Bonchev–Trinajstić information content (AvgIpc) is 3.55. The lowest BCUT2D eigenvalue weighted by Crippen LogP contribution is -2.34. The minimum absolute atomic E-state index is 0.0754. The molecule has 294 valence electrons. The van der Waals surface area contributed by atoms with Crippen LogP contribution in [-0.4, -0.2) is 0 Å². The molecular weight excluding hydrogens is 711 g/mol. The third kappa shape index (κ3) is 6.03. The zero-order valence-electron chi connectivity index (χ0n) is 35.8. The molecule has 7 aromatic carbocycles. The van der Waals surface area contributed by atoms with Gasteiger partial charge in [0.05, 0.1) is 11.1 Å². The van der Waals surface area contributed by atoms with Crippen molar-refractivity contribution in [3.05, 3.63) is 208 Å². The van der Waals surface area contributed by atoms with E-state index in [2.05, 4.69) is 204 Å². The van der Waals surface area contributed by atoms with Gasteiger partial charge in [0.25, 0.3) is 0 Å². The molecule has 0 bridgehead atoms. The second kappa shape index (κ2) is 14.3. The van der Waals surface area contributed by atoms with Gasteiger partial charge in [-0.25, -0.2) is 0 Å².